The quantitative estimate of drug-likeness (QED) is 0.719. The van der Waals surface area contributed by atoms with Gasteiger partial charge in [-0.3, -0.25) is 0 Å². The number of hydrogen-bond acceptors (Lipinski definition) is 5. The fourth-order valence-corrected chi connectivity index (χ4v) is 3.39. The molecule has 0 amide bonds. The Labute approximate surface area is 129 Å². The topological polar surface area (TPSA) is 86.2 Å². The lowest BCUT2D eigenvalue weighted by Gasteiger charge is -2.00. The summed E-state index contributed by atoms with van der Waals surface area (Å²) in [5.41, 5.74) is 7.64. The molecule has 0 fully saturated rings. The number of halogens is 1. The molecule has 0 saturated heterocycles. The molecule has 1 heterocycles. The van der Waals surface area contributed by atoms with Gasteiger partial charge in [0.25, 0.3) is 0 Å². The summed E-state index contributed by atoms with van der Waals surface area (Å²) < 4.78 is 30.9. The highest BCUT2D eigenvalue weighted by Gasteiger charge is 2.22. The molecule has 21 heavy (non-hydrogen) atoms. The van der Waals surface area contributed by atoms with Gasteiger partial charge in [-0.05, 0) is 29.8 Å². The van der Waals surface area contributed by atoms with E-state index in [9.17, 15) is 8.42 Å². The molecule has 0 saturated carbocycles. The normalized spacial score (nSPS) is 11.9. The lowest BCUT2D eigenvalue weighted by molar-refractivity contribution is 0.458. The maximum Gasteiger partial charge on any atom is 0.316 e. The first kappa shape index (κ1) is 14.1. The molecule has 5 nitrogen and oxygen atoms in total. The van der Waals surface area contributed by atoms with Gasteiger partial charge in [-0.1, -0.05) is 28.1 Å². The second-order valence-corrected chi connectivity index (χ2v) is 7.38. The van der Waals surface area contributed by atoms with Crippen LogP contribution < -0.4 is 5.73 Å². The van der Waals surface area contributed by atoms with E-state index < -0.39 is 9.84 Å². The van der Waals surface area contributed by atoms with Gasteiger partial charge >= 0.3 is 5.22 Å². The van der Waals surface area contributed by atoms with E-state index in [4.69, 9.17) is 10.2 Å². The van der Waals surface area contributed by atoms with Crippen LogP contribution in [0.2, 0.25) is 0 Å². The molecule has 0 unspecified atom stereocenters. The lowest BCUT2D eigenvalue weighted by atomic mass is 10.2. The summed E-state index contributed by atoms with van der Waals surface area (Å²) in [7, 11) is -3.63. The van der Waals surface area contributed by atoms with Crippen LogP contribution in [0.1, 0.15) is 5.56 Å². The minimum atomic E-state index is -3.63. The summed E-state index contributed by atoms with van der Waals surface area (Å²) >= 11 is 3.31. The molecule has 7 heteroatoms. The van der Waals surface area contributed by atoms with E-state index in [1.807, 2.05) is 0 Å². The fraction of sp³-hybridized carbons (Fsp3) is 0.0714. The number of aromatic nitrogens is 1. The molecule has 1 aromatic heterocycles. The predicted octanol–water partition coefficient (Wildman–Crippen LogP) is 3.15. The number of hydrogen-bond donors (Lipinski definition) is 1. The van der Waals surface area contributed by atoms with Crippen molar-refractivity contribution in [2.75, 3.05) is 5.73 Å². The van der Waals surface area contributed by atoms with Crippen LogP contribution in [-0.4, -0.2) is 13.4 Å². The zero-order valence-corrected chi connectivity index (χ0v) is 13.2. The Morgan fingerprint density at radius 1 is 1.14 bits per heavy atom. The van der Waals surface area contributed by atoms with E-state index in [1.54, 1.807) is 42.5 Å². The Bertz CT molecular complexity index is 902. The summed E-state index contributed by atoms with van der Waals surface area (Å²) in [4.78, 5) is 4.02. The van der Waals surface area contributed by atoms with E-state index in [-0.39, 0.29) is 11.0 Å². The van der Waals surface area contributed by atoms with Crippen molar-refractivity contribution in [3.63, 3.8) is 0 Å². The van der Waals surface area contributed by atoms with Crippen LogP contribution in [-0.2, 0) is 15.6 Å². The molecule has 2 aromatic carbocycles. The highest BCUT2D eigenvalue weighted by Crippen LogP contribution is 2.23. The Morgan fingerprint density at radius 3 is 2.57 bits per heavy atom. The summed E-state index contributed by atoms with van der Waals surface area (Å²) in [6, 6.07) is 11.9. The molecule has 0 aliphatic rings. The summed E-state index contributed by atoms with van der Waals surface area (Å²) in [6.45, 7) is 0. The van der Waals surface area contributed by atoms with Gasteiger partial charge in [-0.25, -0.2) is 8.42 Å². The van der Waals surface area contributed by atoms with Crippen LogP contribution in [0, 0.1) is 0 Å². The van der Waals surface area contributed by atoms with E-state index in [0.717, 1.165) is 4.47 Å². The van der Waals surface area contributed by atoms with Crippen molar-refractivity contribution in [3.8, 4) is 0 Å². The van der Waals surface area contributed by atoms with Gasteiger partial charge < -0.3 is 10.2 Å². The van der Waals surface area contributed by atoms with E-state index in [2.05, 4.69) is 20.9 Å². The molecular formula is C14H11BrN2O3S. The van der Waals surface area contributed by atoms with E-state index >= 15 is 0 Å². The number of oxazole rings is 1. The average Bonchev–Trinajstić information content (AvgIpc) is 2.85. The van der Waals surface area contributed by atoms with Gasteiger partial charge in [0.2, 0.25) is 9.84 Å². The van der Waals surface area contributed by atoms with Crippen LogP contribution in [0.25, 0.3) is 11.1 Å². The number of nitrogens with zero attached hydrogens (tertiary/aromatic N) is 1. The van der Waals surface area contributed by atoms with Gasteiger partial charge in [0.15, 0.2) is 5.58 Å². The van der Waals surface area contributed by atoms with Gasteiger partial charge in [-0.2, -0.15) is 4.98 Å². The Morgan fingerprint density at radius 2 is 1.86 bits per heavy atom. The first-order chi connectivity index (χ1) is 9.94. The number of anilines is 1. The van der Waals surface area contributed by atoms with E-state index in [1.165, 1.54) is 0 Å². The zero-order chi connectivity index (χ0) is 15.0. The van der Waals surface area contributed by atoms with Crippen LogP contribution in [0.3, 0.4) is 0 Å². The lowest BCUT2D eigenvalue weighted by Crippen LogP contribution is -2.05. The molecule has 0 radical (unpaired) electrons. The maximum atomic E-state index is 12.3. The average molecular weight is 367 g/mol. The molecule has 0 aliphatic heterocycles. The summed E-state index contributed by atoms with van der Waals surface area (Å²) in [5, 5.41) is -0.286. The highest BCUT2D eigenvalue weighted by molar-refractivity contribution is 9.10. The van der Waals surface area contributed by atoms with Crippen molar-refractivity contribution in [2.45, 2.75) is 11.0 Å². The summed E-state index contributed by atoms with van der Waals surface area (Å²) in [6.07, 6.45) is 0. The zero-order valence-electron chi connectivity index (χ0n) is 10.8. The Balaban J connectivity index is 1.97. The molecule has 3 rings (SSSR count). The van der Waals surface area contributed by atoms with Crippen molar-refractivity contribution in [2.24, 2.45) is 0 Å². The minimum Gasteiger partial charge on any atom is -0.428 e. The Kier molecular flexibility index (Phi) is 3.46. The first-order valence-corrected chi connectivity index (χ1v) is 8.52. The van der Waals surface area contributed by atoms with Crippen LogP contribution in [0.5, 0.6) is 0 Å². The predicted molar refractivity (Wildman–Crippen MR) is 83.5 cm³/mol. The third-order valence-electron chi connectivity index (χ3n) is 2.93. The first-order valence-electron chi connectivity index (χ1n) is 6.07. The van der Waals surface area contributed by atoms with Crippen molar-refractivity contribution < 1.29 is 12.8 Å². The molecular weight excluding hydrogens is 356 g/mol. The van der Waals surface area contributed by atoms with Crippen molar-refractivity contribution in [3.05, 3.63) is 52.5 Å². The van der Waals surface area contributed by atoms with Crippen molar-refractivity contribution >= 4 is 42.6 Å². The number of fused-ring (bicyclic) bond motifs is 1. The number of benzene rings is 2. The van der Waals surface area contributed by atoms with E-state index in [0.29, 0.717) is 22.4 Å². The number of nitrogens with two attached hydrogens (primary N) is 1. The maximum absolute atomic E-state index is 12.3. The Hall–Kier alpha value is -1.86. The van der Waals surface area contributed by atoms with Gasteiger partial charge in [-0.15, -0.1) is 0 Å². The van der Waals surface area contributed by atoms with Gasteiger partial charge in [0, 0.05) is 16.2 Å². The standard InChI is InChI=1S/C14H11BrN2O3S/c15-10-3-1-9(2-4-10)8-21(18,19)14-17-12-6-5-11(16)7-13(12)20-14/h1-7H,8,16H2. The van der Waals surface area contributed by atoms with Crippen molar-refractivity contribution in [1.29, 1.82) is 0 Å². The van der Waals surface area contributed by atoms with Crippen LogP contribution in [0.15, 0.2) is 56.6 Å². The van der Waals surface area contributed by atoms with Crippen molar-refractivity contribution in [1.82, 2.24) is 4.98 Å². The molecule has 3 aromatic rings. The summed E-state index contributed by atoms with van der Waals surface area (Å²) in [5.74, 6) is -0.164. The molecule has 0 spiro atoms. The third-order valence-corrected chi connectivity index (χ3v) is 4.88. The molecule has 0 bridgehead atoms. The molecule has 108 valence electrons. The minimum absolute atomic E-state index is 0.164. The number of rotatable bonds is 3. The number of sulfone groups is 1. The van der Waals surface area contributed by atoms with Gasteiger partial charge in [0.1, 0.15) is 5.52 Å². The number of nitrogen functional groups attached to an aromatic ring is 1. The second-order valence-electron chi connectivity index (χ2n) is 4.59. The molecule has 0 aliphatic carbocycles. The largest absolute Gasteiger partial charge is 0.428 e. The monoisotopic (exact) mass is 366 g/mol. The SMILES string of the molecule is Nc1ccc2nc(S(=O)(=O)Cc3ccc(Br)cc3)oc2c1. The molecule has 2 N–H and O–H groups in total. The van der Waals surface area contributed by atoms with Gasteiger partial charge in [0.05, 0.1) is 5.75 Å². The smallest absolute Gasteiger partial charge is 0.316 e. The molecule has 0 atom stereocenters. The van der Waals surface area contributed by atoms with Crippen LogP contribution in [0.4, 0.5) is 5.69 Å². The fourth-order valence-electron chi connectivity index (χ4n) is 1.91. The second kappa shape index (κ2) is 5.16. The highest BCUT2D eigenvalue weighted by atomic mass is 79.9. The third kappa shape index (κ3) is 2.93. The van der Waals surface area contributed by atoms with Crippen LogP contribution >= 0.6 is 15.9 Å².